The van der Waals surface area contributed by atoms with Gasteiger partial charge in [-0.2, -0.15) is 5.26 Å². The van der Waals surface area contributed by atoms with Crippen molar-refractivity contribution in [3.8, 4) is 6.07 Å². The topological polar surface area (TPSA) is 79.4 Å². The van der Waals surface area contributed by atoms with E-state index in [0.717, 1.165) is 31.5 Å². The molecule has 1 saturated carbocycles. The Balaban J connectivity index is 1.94. The molecule has 1 aromatic rings. The van der Waals surface area contributed by atoms with Crippen molar-refractivity contribution in [2.75, 3.05) is 18.1 Å². The monoisotopic (exact) mass is 273 g/mol. The van der Waals surface area contributed by atoms with Crippen LogP contribution in [0.5, 0.6) is 0 Å². The Hall–Kier alpha value is -2.13. The lowest BCUT2D eigenvalue weighted by molar-refractivity contribution is -0.385. The van der Waals surface area contributed by atoms with Crippen LogP contribution in [0, 0.1) is 21.4 Å². The standard InChI is InChI=1S/C14H15N3O3/c15-9-10-8-11(4-5-12(10)17(18)19)16-6-7-20-14-3-1-2-13(14)16/h4-5,8,13-14H,1-3,6-7H2. The average Bonchev–Trinajstić information content (AvgIpc) is 2.94. The van der Waals surface area contributed by atoms with Crippen LogP contribution in [-0.2, 0) is 4.74 Å². The van der Waals surface area contributed by atoms with Gasteiger partial charge < -0.3 is 9.64 Å². The molecule has 2 fully saturated rings. The van der Waals surface area contributed by atoms with Crippen molar-refractivity contribution < 1.29 is 9.66 Å². The minimum atomic E-state index is -0.514. The number of nitriles is 1. The van der Waals surface area contributed by atoms with Gasteiger partial charge in [-0.25, -0.2) is 0 Å². The third-order valence-electron chi connectivity index (χ3n) is 4.11. The summed E-state index contributed by atoms with van der Waals surface area (Å²) < 4.78 is 5.76. The summed E-state index contributed by atoms with van der Waals surface area (Å²) in [6, 6.07) is 7.03. The highest BCUT2D eigenvalue weighted by molar-refractivity contribution is 5.60. The molecule has 104 valence electrons. The number of ether oxygens (including phenoxy) is 1. The highest BCUT2D eigenvalue weighted by Crippen LogP contribution is 2.34. The highest BCUT2D eigenvalue weighted by atomic mass is 16.6. The molecule has 0 aromatic heterocycles. The molecular weight excluding hydrogens is 258 g/mol. The Labute approximate surface area is 116 Å². The van der Waals surface area contributed by atoms with Crippen LogP contribution in [0.15, 0.2) is 18.2 Å². The van der Waals surface area contributed by atoms with Gasteiger partial charge in [-0.05, 0) is 31.4 Å². The molecule has 0 N–H and O–H groups in total. The van der Waals surface area contributed by atoms with Gasteiger partial charge in [0.25, 0.3) is 5.69 Å². The molecule has 0 spiro atoms. The van der Waals surface area contributed by atoms with Crippen LogP contribution in [0.3, 0.4) is 0 Å². The predicted octanol–water partition coefficient (Wildman–Crippen LogP) is 2.22. The van der Waals surface area contributed by atoms with Crippen molar-refractivity contribution in [1.82, 2.24) is 0 Å². The third kappa shape index (κ3) is 2.10. The van der Waals surface area contributed by atoms with Crippen LogP contribution in [0.2, 0.25) is 0 Å². The van der Waals surface area contributed by atoms with Crippen LogP contribution < -0.4 is 4.90 Å². The molecule has 20 heavy (non-hydrogen) atoms. The van der Waals surface area contributed by atoms with E-state index in [1.54, 1.807) is 12.1 Å². The Bertz CT molecular complexity index is 582. The molecule has 0 bridgehead atoms. The summed E-state index contributed by atoms with van der Waals surface area (Å²) in [5, 5.41) is 20.0. The van der Waals surface area contributed by atoms with Crippen molar-refractivity contribution in [2.45, 2.75) is 31.4 Å². The molecule has 2 aliphatic rings. The van der Waals surface area contributed by atoms with Gasteiger partial charge in [0.15, 0.2) is 0 Å². The number of nitro benzene ring substituents is 1. The largest absolute Gasteiger partial charge is 0.374 e. The molecular formula is C14H15N3O3. The van der Waals surface area contributed by atoms with Gasteiger partial charge in [0.1, 0.15) is 11.6 Å². The Morgan fingerprint density at radius 2 is 2.30 bits per heavy atom. The molecule has 3 rings (SSSR count). The van der Waals surface area contributed by atoms with Crippen molar-refractivity contribution in [1.29, 1.82) is 5.26 Å². The molecule has 0 radical (unpaired) electrons. The Morgan fingerprint density at radius 3 is 3.05 bits per heavy atom. The summed E-state index contributed by atoms with van der Waals surface area (Å²) in [6.45, 7) is 1.43. The van der Waals surface area contributed by atoms with Gasteiger partial charge in [-0.1, -0.05) is 0 Å². The first-order valence-electron chi connectivity index (χ1n) is 6.77. The fraction of sp³-hybridized carbons (Fsp3) is 0.500. The number of nitro groups is 1. The van der Waals surface area contributed by atoms with Crippen molar-refractivity contribution in [3.05, 3.63) is 33.9 Å². The van der Waals surface area contributed by atoms with Gasteiger partial charge in [0, 0.05) is 18.3 Å². The van der Waals surface area contributed by atoms with E-state index in [4.69, 9.17) is 10.00 Å². The second-order valence-corrected chi connectivity index (χ2v) is 5.17. The lowest BCUT2D eigenvalue weighted by Crippen LogP contribution is -2.48. The fourth-order valence-corrected chi connectivity index (χ4v) is 3.20. The fourth-order valence-electron chi connectivity index (χ4n) is 3.20. The van der Waals surface area contributed by atoms with Gasteiger partial charge in [-0.15, -0.1) is 0 Å². The van der Waals surface area contributed by atoms with Crippen LogP contribution in [0.1, 0.15) is 24.8 Å². The summed E-state index contributed by atoms with van der Waals surface area (Å²) in [7, 11) is 0. The second kappa shape index (κ2) is 5.10. The summed E-state index contributed by atoms with van der Waals surface area (Å²) >= 11 is 0. The smallest absolute Gasteiger partial charge is 0.287 e. The molecule has 2 atom stereocenters. The molecule has 1 aromatic carbocycles. The van der Waals surface area contributed by atoms with Crippen LogP contribution in [-0.4, -0.2) is 30.2 Å². The van der Waals surface area contributed by atoms with Crippen LogP contribution in [0.4, 0.5) is 11.4 Å². The molecule has 1 saturated heterocycles. The SMILES string of the molecule is N#Cc1cc(N2CCOC3CCCC32)ccc1[N+](=O)[O-]. The van der Waals surface area contributed by atoms with E-state index < -0.39 is 4.92 Å². The van der Waals surface area contributed by atoms with E-state index in [9.17, 15) is 10.1 Å². The van der Waals surface area contributed by atoms with Crippen molar-refractivity contribution in [2.24, 2.45) is 0 Å². The predicted molar refractivity (Wildman–Crippen MR) is 72.5 cm³/mol. The zero-order valence-electron chi connectivity index (χ0n) is 11.0. The Morgan fingerprint density at radius 1 is 1.45 bits per heavy atom. The first-order valence-corrected chi connectivity index (χ1v) is 6.77. The molecule has 0 amide bonds. The number of fused-ring (bicyclic) bond motifs is 1. The zero-order chi connectivity index (χ0) is 14.1. The first kappa shape index (κ1) is 12.9. The molecule has 2 unspecified atom stereocenters. The minimum Gasteiger partial charge on any atom is -0.374 e. The summed E-state index contributed by atoms with van der Waals surface area (Å²) in [5.41, 5.74) is 0.869. The van der Waals surface area contributed by atoms with Crippen LogP contribution >= 0.6 is 0 Å². The first-order chi connectivity index (χ1) is 9.70. The zero-order valence-corrected chi connectivity index (χ0v) is 11.0. The van der Waals surface area contributed by atoms with E-state index in [-0.39, 0.29) is 17.4 Å². The number of nitrogens with zero attached hydrogens (tertiary/aromatic N) is 3. The Kier molecular flexibility index (Phi) is 3.28. The van der Waals surface area contributed by atoms with Gasteiger partial charge in [0.2, 0.25) is 0 Å². The third-order valence-corrected chi connectivity index (χ3v) is 4.11. The quantitative estimate of drug-likeness (QED) is 0.609. The normalized spacial score (nSPS) is 25.1. The van der Waals surface area contributed by atoms with E-state index in [0.29, 0.717) is 12.6 Å². The van der Waals surface area contributed by atoms with E-state index in [2.05, 4.69) is 4.90 Å². The number of hydrogen-bond acceptors (Lipinski definition) is 5. The molecule has 6 heteroatoms. The lowest BCUT2D eigenvalue weighted by atomic mass is 10.1. The summed E-state index contributed by atoms with van der Waals surface area (Å²) in [4.78, 5) is 12.6. The van der Waals surface area contributed by atoms with E-state index in [1.807, 2.05) is 6.07 Å². The van der Waals surface area contributed by atoms with Gasteiger partial charge in [-0.3, -0.25) is 10.1 Å². The number of anilines is 1. The highest BCUT2D eigenvalue weighted by Gasteiger charge is 2.36. The average molecular weight is 273 g/mol. The maximum Gasteiger partial charge on any atom is 0.287 e. The van der Waals surface area contributed by atoms with Crippen LogP contribution in [0.25, 0.3) is 0 Å². The van der Waals surface area contributed by atoms with Crippen molar-refractivity contribution >= 4 is 11.4 Å². The molecule has 1 aliphatic heterocycles. The lowest BCUT2D eigenvalue weighted by Gasteiger charge is -2.39. The number of rotatable bonds is 2. The summed E-state index contributed by atoms with van der Waals surface area (Å²) in [6.07, 6.45) is 3.54. The van der Waals surface area contributed by atoms with Gasteiger partial charge >= 0.3 is 0 Å². The summed E-state index contributed by atoms with van der Waals surface area (Å²) in [5.74, 6) is 0. The van der Waals surface area contributed by atoms with E-state index in [1.165, 1.54) is 6.07 Å². The maximum atomic E-state index is 10.9. The molecule has 6 nitrogen and oxygen atoms in total. The maximum absolute atomic E-state index is 10.9. The number of morpholine rings is 1. The van der Waals surface area contributed by atoms with Crippen molar-refractivity contribution in [3.63, 3.8) is 0 Å². The number of hydrogen-bond donors (Lipinski definition) is 0. The molecule has 1 aliphatic carbocycles. The number of benzene rings is 1. The molecule has 1 heterocycles. The minimum absolute atomic E-state index is 0.119. The van der Waals surface area contributed by atoms with Gasteiger partial charge in [0.05, 0.1) is 23.7 Å². The van der Waals surface area contributed by atoms with E-state index >= 15 is 0 Å². The second-order valence-electron chi connectivity index (χ2n) is 5.17.